The van der Waals surface area contributed by atoms with Crippen LogP contribution in [0.3, 0.4) is 0 Å². The fourth-order valence-electron chi connectivity index (χ4n) is 1.45. The third kappa shape index (κ3) is 1.66. The van der Waals surface area contributed by atoms with Gasteiger partial charge in [-0.15, -0.1) is 0 Å². The molecule has 16 heavy (non-hydrogen) atoms. The third-order valence-electron chi connectivity index (χ3n) is 2.22. The highest BCUT2D eigenvalue weighted by atomic mass is 16.3. The number of nitriles is 1. The van der Waals surface area contributed by atoms with Gasteiger partial charge in [-0.25, -0.2) is 0 Å². The van der Waals surface area contributed by atoms with E-state index in [1.807, 2.05) is 24.3 Å². The minimum Gasteiger partial charge on any atom is -0.503 e. The number of hydrogen-bond acceptors (Lipinski definition) is 3. The van der Waals surface area contributed by atoms with Crippen LogP contribution in [0, 0.1) is 11.3 Å². The molecule has 0 unspecified atom stereocenters. The molecule has 0 atom stereocenters. The molecule has 0 aliphatic rings. The lowest BCUT2D eigenvalue weighted by molar-refractivity contribution is 0.467. The summed E-state index contributed by atoms with van der Waals surface area (Å²) < 4.78 is 0. The van der Waals surface area contributed by atoms with E-state index < -0.39 is 11.3 Å². The van der Waals surface area contributed by atoms with Crippen LogP contribution in [0.25, 0.3) is 11.1 Å². The zero-order valence-corrected chi connectivity index (χ0v) is 8.27. The van der Waals surface area contributed by atoms with Gasteiger partial charge in [0.1, 0.15) is 11.8 Å². The second kappa shape index (κ2) is 3.91. The number of nitrogens with one attached hydrogen (secondary N) is 1. The van der Waals surface area contributed by atoms with E-state index in [-0.39, 0.29) is 5.69 Å². The SMILES string of the molecule is N#Cc1[nH]c(=O)c(O)cc1-c1ccccc1. The first-order valence-electron chi connectivity index (χ1n) is 4.64. The first-order valence-corrected chi connectivity index (χ1v) is 4.64. The highest BCUT2D eigenvalue weighted by molar-refractivity contribution is 5.69. The van der Waals surface area contributed by atoms with Crippen molar-refractivity contribution in [3.05, 3.63) is 52.4 Å². The average Bonchev–Trinajstić information content (AvgIpc) is 2.33. The van der Waals surface area contributed by atoms with Gasteiger partial charge in [0.25, 0.3) is 5.56 Å². The minimum absolute atomic E-state index is 0.147. The van der Waals surface area contributed by atoms with Crippen molar-refractivity contribution >= 4 is 0 Å². The first kappa shape index (κ1) is 9.99. The first-order chi connectivity index (χ1) is 7.72. The zero-order chi connectivity index (χ0) is 11.5. The van der Waals surface area contributed by atoms with Crippen LogP contribution < -0.4 is 5.56 Å². The fourth-order valence-corrected chi connectivity index (χ4v) is 1.45. The molecule has 0 saturated heterocycles. The summed E-state index contributed by atoms with van der Waals surface area (Å²) in [4.78, 5) is 13.5. The molecule has 2 N–H and O–H groups in total. The number of benzene rings is 1. The Bertz CT molecular complexity index is 609. The number of H-pyrrole nitrogens is 1. The van der Waals surface area contributed by atoms with E-state index in [1.165, 1.54) is 6.07 Å². The highest BCUT2D eigenvalue weighted by Crippen LogP contribution is 2.23. The van der Waals surface area contributed by atoms with Crippen molar-refractivity contribution in [2.45, 2.75) is 0 Å². The molecule has 0 radical (unpaired) electrons. The largest absolute Gasteiger partial charge is 0.503 e. The van der Waals surface area contributed by atoms with Gasteiger partial charge in [-0.2, -0.15) is 5.26 Å². The monoisotopic (exact) mass is 212 g/mol. The molecule has 0 amide bonds. The summed E-state index contributed by atoms with van der Waals surface area (Å²) in [5.74, 6) is -0.391. The molecule has 0 bridgehead atoms. The summed E-state index contributed by atoms with van der Waals surface area (Å²) in [6.45, 7) is 0. The normalized spacial score (nSPS) is 9.69. The predicted molar refractivity (Wildman–Crippen MR) is 58.9 cm³/mol. The standard InChI is InChI=1S/C12H8N2O2/c13-7-10-9(6-11(15)12(16)14-10)8-4-2-1-3-5-8/h1-6,15H,(H,14,16). The Kier molecular flexibility index (Phi) is 2.44. The molecule has 0 fully saturated rings. The van der Waals surface area contributed by atoms with Crippen LogP contribution in [-0.4, -0.2) is 10.1 Å². The van der Waals surface area contributed by atoms with E-state index in [0.29, 0.717) is 5.56 Å². The van der Waals surface area contributed by atoms with Crippen molar-refractivity contribution in [1.29, 1.82) is 5.26 Å². The Labute approximate surface area is 91.4 Å². The maximum absolute atomic E-state index is 11.1. The molecule has 2 rings (SSSR count). The number of hydrogen-bond donors (Lipinski definition) is 2. The molecule has 0 aliphatic heterocycles. The highest BCUT2D eigenvalue weighted by Gasteiger charge is 2.08. The van der Waals surface area contributed by atoms with Gasteiger partial charge >= 0.3 is 0 Å². The maximum atomic E-state index is 11.1. The summed E-state index contributed by atoms with van der Waals surface area (Å²) >= 11 is 0. The van der Waals surface area contributed by atoms with E-state index in [1.54, 1.807) is 12.1 Å². The summed E-state index contributed by atoms with van der Waals surface area (Å²) in [6.07, 6.45) is 0. The van der Waals surface area contributed by atoms with E-state index in [9.17, 15) is 9.90 Å². The molecule has 4 nitrogen and oxygen atoms in total. The van der Waals surface area contributed by atoms with Crippen LogP contribution in [0.2, 0.25) is 0 Å². The maximum Gasteiger partial charge on any atom is 0.291 e. The van der Waals surface area contributed by atoms with Gasteiger partial charge in [0, 0.05) is 5.56 Å². The van der Waals surface area contributed by atoms with E-state index in [4.69, 9.17) is 5.26 Å². The van der Waals surface area contributed by atoms with Gasteiger partial charge in [-0.3, -0.25) is 4.79 Å². The molecule has 78 valence electrons. The molecular weight excluding hydrogens is 204 g/mol. The van der Waals surface area contributed by atoms with Gasteiger partial charge in [-0.05, 0) is 11.6 Å². The number of rotatable bonds is 1. The van der Waals surface area contributed by atoms with Gasteiger partial charge < -0.3 is 10.1 Å². The smallest absolute Gasteiger partial charge is 0.291 e. The van der Waals surface area contributed by atoms with Crippen LogP contribution in [0.5, 0.6) is 5.75 Å². The Hall–Kier alpha value is -2.54. The molecule has 1 aromatic carbocycles. The number of aromatic amines is 1. The number of aromatic hydroxyl groups is 1. The predicted octanol–water partition coefficient (Wildman–Crippen LogP) is 1.62. The lowest BCUT2D eigenvalue weighted by Crippen LogP contribution is -2.07. The lowest BCUT2D eigenvalue weighted by Gasteiger charge is -2.03. The van der Waals surface area contributed by atoms with Gasteiger partial charge in [0.2, 0.25) is 0 Å². The summed E-state index contributed by atoms with van der Waals surface area (Å²) in [5, 5.41) is 18.2. The second-order valence-electron chi connectivity index (χ2n) is 3.25. The fraction of sp³-hybridized carbons (Fsp3) is 0. The molecule has 4 heteroatoms. The van der Waals surface area contributed by atoms with Crippen molar-refractivity contribution in [3.63, 3.8) is 0 Å². The Morgan fingerprint density at radius 1 is 1.25 bits per heavy atom. The van der Waals surface area contributed by atoms with E-state index in [2.05, 4.69) is 4.98 Å². The Morgan fingerprint density at radius 2 is 1.94 bits per heavy atom. The molecule has 0 spiro atoms. The van der Waals surface area contributed by atoms with Crippen LogP contribution in [0.1, 0.15) is 5.69 Å². The molecule has 1 aromatic heterocycles. The Morgan fingerprint density at radius 3 is 2.56 bits per heavy atom. The third-order valence-corrected chi connectivity index (χ3v) is 2.22. The lowest BCUT2D eigenvalue weighted by atomic mass is 10.0. The summed E-state index contributed by atoms with van der Waals surface area (Å²) in [7, 11) is 0. The van der Waals surface area contributed by atoms with Crippen molar-refractivity contribution in [2.24, 2.45) is 0 Å². The van der Waals surface area contributed by atoms with Crippen LogP contribution >= 0.6 is 0 Å². The quantitative estimate of drug-likeness (QED) is 0.754. The Balaban J connectivity index is 2.71. The van der Waals surface area contributed by atoms with Crippen LogP contribution in [-0.2, 0) is 0 Å². The van der Waals surface area contributed by atoms with Crippen molar-refractivity contribution in [1.82, 2.24) is 4.98 Å². The van der Waals surface area contributed by atoms with E-state index in [0.717, 1.165) is 5.56 Å². The molecule has 0 saturated carbocycles. The average molecular weight is 212 g/mol. The van der Waals surface area contributed by atoms with Crippen molar-refractivity contribution in [2.75, 3.05) is 0 Å². The summed E-state index contributed by atoms with van der Waals surface area (Å²) in [6, 6.07) is 12.3. The minimum atomic E-state index is -0.656. The van der Waals surface area contributed by atoms with Gasteiger partial charge in [0.05, 0.1) is 0 Å². The molecule has 2 aromatic rings. The topological polar surface area (TPSA) is 76.9 Å². The molecule has 0 aliphatic carbocycles. The zero-order valence-electron chi connectivity index (χ0n) is 8.27. The van der Waals surface area contributed by atoms with Crippen molar-refractivity contribution < 1.29 is 5.11 Å². The second-order valence-corrected chi connectivity index (χ2v) is 3.25. The number of pyridine rings is 1. The molecular formula is C12H8N2O2. The molecule has 1 heterocycles. The number of nitrogens with zero attached hydrogens (tertiary/aromatic N) is 1. The van der Waals surface area contributed by atoms with Crippen molar-refractivity contribution in [3.8, 4) is 22.9 Å². The number of aromatic nitrogens is 1. The van der Waals surface area contributed by atoms with Crippen LogP contribution in [0.15, 0.2) is 41.2 Å². The van der Waals surface area contributed by atoms with Crippen LogP contribution in [0.4, 0.5) is 0 Å². The van der Waals surface area contributed by atoms with Gasteiger partial charge in [0.15, 0.2) is 5.75 Å². The summed E-state index contributed by atoms with van der Waals surface area (Å²) in [5.41, 5.74) is 0.774. The van der Waals surface area contributed by atoms with E-state index >= 15 is 0 Å². The van der Waals surface area contributed by atoms with Gasteiger partial charge in [-0.1, -0.05) is 30.3 Å².